The second-order valence-electron chi connectivity index (χ2n) is 3.05. The van der Waals surface area contributed by atoms with E-state index in [-0.39, 0.29) is 6.61 Å². The summed E-state index contributed by atoms with van der Waals surface area (Å²) in [5.74, 6) is 0. The highest BCUT2D eigenvalue weighted by atomic mass is 16.6. The van der Waals surface area contributed by atoms with Crippen LogP contribution in [0.3, 0.4) is 0 Å². The van der Waals surface area contributed by atoms with Crippen LogP contribution in [0.5, 0.6) is 0 Å². The quantitative estimate of drug-likeness (QED) is 0.342. The lowest BCUT2D eigenvalue weighted by molar-refractivity contribution is -0.000129. The zero-order chi connectivity index (χ0) is 12.6. The van der Waals surface area contributed by atoms with Gasteiger partial charge in [-0.1, -0.05) is 0 Å². The maximum Gasteiger partial charge on any atom is 0.254 e. The van der Waals surface area contributed by atoms with Crippen LogP contribution in [0.25, 0.3) is 0 Å². The van der Waals surface area contributed by atoms with Crippen molar-refractivity contribution in [2.45, 2.75) is 0 Å². The fourth-order valence-corrected chi connectivity index (χ4v) is 0.898. The molecule has 0 aliphatic carbocycles. The third-order valence-electron chi connectivity index (χ3n) is 1.69. The molecule has 0 aromatic carbocycles. The molecule has 0 heterocycles. The maximum absolute atomic E-state index is 8.42. The molecule has 6 nitrogen and oxygen atoms in total. The monoisotopic (exact) mass is 251 g/mol. The molecule has 0 unspecified atom stereocenters. The molecule has 0 saturated carbocycles. The highest BCUT2D eigenvalue weighted by molar-refractivity contribution is 4.46. The zero-order valence-corrected chi connectivity index (χ0v) is 10.4. The molecule has 0 rings (SSSR count). The largest absolute Gasteiger partial charge is 0.394 e. The highest BCUT2D eigenvalue weighted by Gasteiger charge is 1.99. The van der Waals surface area contributed by atoms with Gasteiger partial charge in [-0.15, -0.1) is 0 Å². The molecule has 0 saturated heterocycles. The SMILES string of the molecule is COCCOCCOCCOC[CH+]OCCO. The Balaban J connectivity index is 2.85. The molecule has 17 heavy (non-hydrogen) atoms. The number of aliphatic hydroxyl groups is 1. The lowest BCUT2D eigenvalue weighted by Gasteiger charge is -2.04. The Morgan fingerprint density at radius 3 is 2.00 bits per heavy atom. The third-order valence-corrected chi connectivity index (χ3v) is 1.69. The van der Waals surface area contributed by atoms with Crippen molar-refractivity contribution in [1.29, 1.82) is 0 Å². The van der Waals surface area contributed by atoms with Gasteiger partial charge in [-0.2, -0.15) is 4.74 Å². The van der Waals surface area contributed by atoms with Gasteiger partial charge in [0, 0.05) is 7.11 Å². The van der Waals surface area contributed by atoms with Crippen molar-refractivity contribution in [2.75, 3.05) is 66.6 Å². The molecule has 0 aromatic heterocycles. The molecular formula is C11H23O6+. The molecule has 0 fully saturated rings. The van der Waals surface area contributed by atoms with E-state index < -0.39 is 0 Å². The molecule has 0 spiro atoms. The number of rotatable bonds is 14. The third kappa shape index (κ3) is 15.6. The van der Waals surface area contributed by atoms with E-state index in [0.29, 0.717) is 52.9 Å². The van der Waals surface area contributed by atoms with Gasteiger partial charge in [-0.3, -0.25) is 0 Å². The lowest BCUT2D eigenvalue weighted by Crippen LogP contribution is -2.12. The fraction of sp³-hybridized carbons (Fsp3) is 0.909. The smallest absolute Gasteiger partial charge is 0.254 e. The number of hydrogen-bond acceptors (Lipinski definition) is 6. The van der Waals surface area contributed by atoms with Crippen molar-refractivity contribution >= 4 is 0 Å². The normalized spacial score (nSPS) is 10.7. The Bertz CT molecular complexity index is 119. The summed E-state index contributed by atoms with van der Waals surface area (Å²) in [6.07, 6.45) is 0. The van der Waals surface area contributed by atoms with Gasteiger partial charge in [0.05, 0.1) is 46.2 Å². The van der Waals surface area contributed by atoms with Crippen molar-refractivity contribution in [2.24, 2.45) is 0 Å². The van der Waals surface area contributed by atoms with Gasteiger partial charge >= 0.3 is 0 Å². The summed E-state index contributed by atoms with van der Waals surface area (Å²) in [5.41, 5.74) is 0. The summed E-state index contributed by atoms with van der Waals surface area (Å²) in [5, 5.41) is 8.42. The molecule has 0 aliphatic heterocycles. The first-order chi connectivity index (χ1) is 8.41. The minimum atomic E-state index is 0.0165. The predicted molar refractivity (Wildman–Crippen MR) is 61.7 cm³/mol. The molecule has 6 heteroatoms. The Morgan fingerprint density at radius 2 is 1.41 bits per heavy atom. The van der Waals surface area contributed by atoms with Crippen LogP contribution < -0.4 is 0 Å². The zero-order valence-electron chi connectivity index (χ0n) is 10.4. The van der Waals surface area contributed by atoms with Crippen molar-refractivity contribution in [3.8, 4) is 0 Å². The van der Waals surface area contributed by atoms with Crippen LogP contribution in [0.4, 0.5) is 0 Å². The molecular weight excluding hydrogens is 228 g/mol. The summed E-state index contributed by atoms with van der Waals surface area (Å²) in [6, 6.07) is 0. The van der Waals surface area contributed by atoms with Crippen LogP contribution in [-0.2, 0) is 23.7 Å². The van der Waals surface area contributed by atoms with Gasteiger partial charge in [0.2, 0.25) is 6.61 Å². The van der Waals surface area contributed by atoms with Gasteiger partial charge in [-0.25, -0.2) is 0 Å². The van der Waals surface area contributed by atoms with Crippen LogP contribution in [0.1, 0.15) is 0 Å². The van der Waals surface area contributed by atoms with E-state index in [2.05, 4.69) is 0 Å². The Hall–Kier alpha value is -0.370. The first kappa shape index (κ1) is 16.6. The number of aliphatic hydroxyl groups excluding tert-OH is 1. The average Bonchev–Trinajstić information content (AvgIpc) is 2.35. The standard InChI is InChI=1S/C11H23O6/c1-13-4-5-15-8-9-17-11-10-16-7-6-14-3-2-12/h6,12H,2-5,7-11H2,1H3/q+1. The van der Waals surface area contributed by atoms with Gasteiger partial charge in [0.25, 0.3) is 6.61 Å². The molecule has 102 valence electrons. The molecule has 0 bridgehead atoms. The Labute approximate surface area is 103 Å². The molecule has 1 N–H and O–H groups in total. The topological polar surface area (TPSA) is 66.4 Å². The van der Waals surface area contributed by atoms with Gasteiger partial charge in [0.1, 0.15) is 6.61 Å². The molecule has 0 aromatic rings. The van der Waals surface area contributed by atoms with E-state index in [1.165, 1.54) is 6.61 Å². The van der Waals surface area contributed by atoms with E-state index in [1.54, 1.807) is 7.11 Å². The van der Waals surface area contributed by atoms with Crippen molar-refractivity contribution in [3.63, 3.8) is 0 Å². The lowest BCUT2D eigenvalue weighted by atomic mass is 10.7. The minimum absolute atomic E-state index is 0.0165. The van der Waals surface area contributed by atoms with Crippen molar-refractivity contribution in [1.82, 2.24) is 0 Å². The second-order valence-corrected chi connectivity index (χ2v) is 3.05. The van der Waals surface area contributed by atoms with Crippen molar-refractivity contribution in [3.05, 3.63) is 6.61 Å². The summed E-state index contributed by atoms with van der Waals surface area (Å²) >= 11 is 0. The van der Waals surface area contributed by atoms with Gasteiger partial charge < -0.3 is 24.1 Å². The summed E-state index contributed by atoms with van der Waals surface area (Å²) < 4.78 is 25.4. The molecule has 0 radical (unpaired) electrons. The Kier molecular flexibility index (Phi) is 15.3. The summed E-state index contributed by atoms with van der Waals surface area (Å²) in [7, 11) is 1.64. The second kappa shape index (κ2) is 15.6. The van der Waals surface area contributed by atoms with Crippen LogP contribution in [0, 0.1) is 6.61 Å². The minimum Gasteiger partial charge on any atom is -0.394 e. The van der Waals surface area contributed by atoms with E-state index in [4.69, 9.17) is 28.8 Å². The highest BCUT2D eigenvalue weighted by Crippen LogP contribution is 1.85. The van der Waals surface area contributed by atoms with E-state index in [0.717, 1.165) is 0 Å². The Morgan fingerprint density at radius 1 is 0.824 bits per heavy atom. The first-order valence-electron chi connectivity index (χ1n) is 5.68. The summed E-state index contributed by atoms with van der Waals surface area (Å²) in [6.45, 7) is 5.59. The van der Waals surface area contributed by atoms with Crippen LogP contribution >= 0.6 is 0 Å². The van der Waals surface area contributed by atoms with Gasteiger partial charge in [-0.05, 0) is 0 Å². The van der Waals surface area contributed by atoms with Crippen LogP contribution in [0.2, 0.25) is 0 Å². The molecule has 0 aliphatic rings. The van der Waals surface area contributed by atoms with Crippen LogP contribution in [-0.4, -0.2) is 71.7 Å². The predicted octanol–water partition coefficient (Wildman–Crippen LogP) is -0.147. The fourth-order valence-electron chi connectivity index (χ4n) is 0.898. The average molecular weight is 251 g/mol. The first-order valence-corrected chi connectivity index (χ1v) is 5.68. The number of methoxy groups -OCH3 is 1. The molecule has 0 atom stereocenters. The summed E-state index contributed by atoms with van der Waals surface area (Å²) in [4.78, 5) is 0. The molecule has 0 amide bonds. The van der Waals surface area contributed by atoms with Crippen LogP contribution in [0.15, 0.2) is 0 Å². The number of ether oxygens (including phenoxy) is 5. The van der Waals surface area contributed by atoms with Crippen molar-refractivity contribution < 1.29 is 28.8 Å². The number of hydrogen-bond donors (Lipinski definition) is 1. The van der Waals surface area contributed by atoms with E-state index >= 15 is 0 Å². The van der Waals surface area contributed by atoms with E-state index in [9.17, 15) is 0 Å². The van der Waals surface area contributed by atoms with E-state index in [1.807, 2.05) is 0 Å². The maximum atomic E-state index is 8.42. The van der Waals surface area contributed by atoms with Gasteiger partial charge in [0.15, 0.2) is 0 Å².